The Hall–Kier alpha value is -3.56. The standard InChI is InChI=1S/C15H14N8O2/c1-9-19-15(25-21-9)13-7-23(22-20-13)5-4-16-14(24)10-2-3-11-12(6-10)18-8-17-11/h2-3,6-8H,4-5H2,1H3,(H,16,24)(H,17,18). The second kappa shape index (κ2) is 6.15. The minimum atomic E-state index is -0.163. The second-order valence-electron chi connectivity index (χ2n) is 5.40. The van der Waals surface area contributed by atoms with Crippen molar-refractivity contribution in [3.63, 3.8) is 0 Å². The molecule has 1 aromatic carbocycles. The van der Waals surface area contributed by atoms with Crippen molar-refractivity contribution in [3.8, 4) is 11.6 Å². The van der Waals surface area contributed by atoms with Crippen LogP contribution in [-0.2, 0) is 6.54 Å². The van der Waals surface area contributed by atoms with Crippen molar-refractivity contribution in [2.24, 2.45) is 0 Å². The normalized spacial score (nSPS) is 11.1. The smallest absolute Gasteiger partial charge is 0.280 e. The van der Waals surface area contributed by atoms with Gasteiger partial charge in [-0.2, -0.15) is 4.98 Å². The van der Waals surface area contributed by atoms with Crippen LogP contribution in [-0.4, -0.2) is 47.6 Å². The second-order valence-corrected chi connectivity index (χ2v) is 5.40. The highest BCUT2D eigenvalue weighted by Crippen LogP contribution is 2.13. The van der Waals surface area contributed by atoms with Gasteiger partial charge < -0.3 is 14.8 Å². The minimum Gasteiger partial charge on any atom is -0.350 e. The number of nitrogens with one attached hydrogen (secondary N) is 2. The number of aromatic nitrogens is 7. The Labute approximate surface area is 141 Å². The molecule has 3 heterocycles. The SMILES string of the molecule is Cc1noc(-c2cn(CCNC(=O)c3ccc4nc[nH]c4c3)nn2)n1. The molecule has 25 heavy (non-hydrogen) atoms. The lowest BCUT2D eigenvalue weighted by atomic mass is 10.2. The fourth-order valence-corrected chi connectivity index (χ4v) is 2.37. The van der Waals surface area contributed by atoms with E-state index in [1.807, 2.05) is 0 Å². The van der Waals surface area contributed by atoms with Crippen molar-refractivity contribution in [1.82, 2.24) is 40.4 Å². The molecule has 0 aliphatic heterocycles. The first kappa shape index (κ1) is 15.0. The van der Waals surface area contributed by atoms with Crippen LogP contribution in [0.25, 0.3) is 22.6 Å². The van der Waals surface area contributed by atoms with Crippen molar-refractivity contribution in [2.45, 2.75) is 13.5 Å². The number of hydrogen-bond donors (Lipinski definition) is 2. The molecule has 3 aromatic heterocycles. The molecule has 126 valence electrons. The van der Waals surface area contributed by atoms with Crippen LogP contribution in [0.5, 0.6) is 0 Å². The molecule has 1 amide bonds. The summed E-state index contributed by atoms with van der Waals surface area (Å²) >= 11 is 0. The highest BCUT2D eigenvalue weighted by atomic mass is 16.5. The third kappa shape index (κ3) is 3.09. The minimum absolute atomic E-state index is 0.163. The maximum atomic E-state index is 12.2. The van der Waals surface area contributed by atoms with Crippen molar-refractivity contribution in [2.75, 3.05) is 6.54 Å². The third-order valence-corrected chi connectivity index (χ3v) is 3.59. The van der Waals surface area contributed by atoms with Crippen LogP contribution >= 0.6 is 0 Å². The van der Waals surface area contributed by atoms with E-state index in [0.29, 0.717) is 36.1 Å². The van der Waals surface area contributed by atoms with Crippen LogP contribution in [0.15, 0.2) is 35.2 Å². The lowest BCUT2D eigenvalue weighted by molar-refractivity contribution is 0.0952. The lowest BCUT2D eigenvalue weighted by Gasteiger charge is -2.05. The number of H-pyrrole nitrogens is 1. The fraction of sp³-hybridized carbons (Fsp3) is 0.200. The maximum Gasteiger partial charge on any atom is 0.280 e. The highest BCUT2D eigenvalue weighted by Gasteiger charge is 2.11. The zero-order valence-electron chi connectivity index (χ0n) is 13.3. The molecule has 0 saturated carbocycles. The third-order valence-electron chi connectivity index (χ3n) is 3.59. The number of benzene rings is 1. The van der Waals surface area contributed by atoms with Gasteiger partial charge in [0.25, 0.3) is 11.8 Å². The van der Waals surface area contributed by atoms with E-state index < -0.39 is 0 Å². The predicted molar refractivity (Wildman–Crippen MR) is 86.5 cm³/mol. The molecule has 0 bridgehead atoms. The van der Waals surface area contributed by atoms with Gasteiger partial charge in [0, 0.05) is 12.1 Å². The summed E-state index contributed by atoms with van der Waals surface area (Å²) in [4.78, 5) is 23.4. The molecular formula is C15H14N8O2. The average Bonchev–Trinajstić information content (AvgIpc) is 3.33. The first-order valence-corrected chi connectivity index (χ1v) is 7.61. The molecule has 4 aromatic rings. The van der Waals surface area contributed by atoms with Gasteiger partial charge in [-0.05, 0) is 25.1 Å². The molecule has 0 atom stereocenters. The molecule has 0 unspecified atom stereocenters. The van der Waals surface area contributed by atoms with E-state index >= 15 is 0 Å². The summed E-state index contributed by atoms with van der Waals surface area (Å²) in [5.74, 6) is 0.691. The first-order chi connectivity index (χ1) is 12.2. The topological polar surface area (TPSA) is 127 Å². The Morgan fingerprint density at radius 1 is 1.40 bits per heavy atom. The van der Waals surface area contributed by atoms with Gasteiger partial charge >= 0.3 is 0 Å². The Morgan fingerprint density at radius 2 is 2.32 bits per heavy atom. The first-order valence-electron chi connectivity index (χ1n) is 7.61. The number of hydrogen-bond acceptors (Lipinski definition) is 7. The quantitative estimate of drug-likeness (QED) is 0.554. The zero-order chi connectivity index (χ0) is 17.2. The molecule has 10 heteroatoms. The summed E-state index contributed by atoms with van der Waals surface area (Å²) in [5, 5.41) is 14.5. The highest BCUT2D eigenvalue weighted by molar-refractivity contribution is 5.97. The van der Waals surface area contributed by atoms with Crippen LogP contribution in [0.2, 0.25) is 0 Å². The summed E-state index contributed by atoms with van der Waals surface area (Å²) in [7, 11) is 0. The Balaban J connectivity index is 1.35. The molecule has 0 saturated heterocycles. The molecule has 0 aliphatic carbocycles. The van der Waals surface area contributed by atoms with Gasteiger partial charge in [-0.1, -0.05) is 10.4 Å². The summed E-state index contributed by atoms with van der Waals surface area (Å²) in [6, 6.07) is 5.31. The molecule has 2 N–H and O–H groups in total. The van der Waals surface area contributed by atoms with E-state index in [1.54, 1.807) is 42.3 Å². The lowest BCUT2D eigenvalue weighted by Crippen LogP contribution is -2.27. The molecule has 4 rings (SSSR count). The molecule has 0 spiro atoms. The molecular weight excluding hydrogens is 324 g/mol. The Bertz CT molecular complexity index is 1030. The van der Waals surface area contributed by atoms with E-state index in [9.17, 15) is 4.79 Å². The van der Waals surface area contributed by atoms with Crippen molar-refractivity contribution in [3.05, 3.63) is 42.1 Å². The molecule has 10 nitrogen and oxygen atoms in total. The Kier molecular flexibility index (Phi) is 3.69. The van der Waals surface area contributed by atoms with Crippen LogP contribution in [0.1, 0.15) is 16.2 Å². The fourth-order valence-electron chi connectivity index (χ4n) is 2.37. The van der Waals surface area contributed by atoms with Crippen molar-refractivity contribution >= 4 is 16.9 Å². The van der Waals surface area contributed by atoms with E-state index in [2.05, 4.69) is 35.7 Å². The van der Waals surface area contributed by atoms with Gasteiger partial charge in [0.15, 0.2) is 11.5 Å². The number of amides is 1. The summed E-state index contributed by atoms with van der Waals surface area (Å²) in [5.41, 5.74) is 2.71. The number of carbonyl (C=O) groups excluding carboxylic acids is 1. The van der Waals surface area contributed by atoms with E-state index in [0.717, 1.165) is 11.0 Å². The van der Waals surface area contributed by atoms with Gasteiger partial charge in [0.2, 0.25) is 0 Å². The average molecular weight is 338 g/mol. The Morgan fingerprint density at radius 3 is 3.16 bits per heavy atom. The maximum absolute atomic E-state index is 12.2. The van der Waals surface area contributed by atoms with Crippen LogP contribution in [0.4, 0.5) is 0 Å². The van der Waals surface area contributed by atoms with E-state index in [-0.39, 0.29) is 5.91 Å². The number of imidazole rings is 1. The van der Waals surface area contributed by atoms with Crippen LogP contribution in [0.3, 0.4) is 0 Å². The number of aromatic amines is 1. The summed E-state index contributed by atoms with van der Waals surface area (Å²) in [6.45, 7) is 2.61. The zero-order valence-corrected chi connectivity index (χ0v) is 13.3. The molecule has 0 fully saturated rings. The van der Waals surface area contributed by atoms with E-state index in [4.69, 9.17) is 4.52 Å². The van der Waals surface area contributed by atoms with Gasteiger partial charge in [-0.3, -0.25) is 4.79 Å². The summed E-state index contributed by atoms with van der Waals surface area (Å²) < 4.78 is 6.64. The number of rotatable bonds is 5. The van der Waals surface area contributed by atoms with Gasteiger partial charge in [0.05, 0.1) is 30.1 Å². The predicted octanol–water partition coefficient (Wildman–Crippen LogP) is 0.943. The number of nitrogens with zero attached hydrogens (tertiary/aromatic N) is 6. The molecule has 0 aliphatic rings. The number of carbonyl (C=O) groups is 1. The van der Waals surface area contributed by atoms with Crippen molar-refractivity contribution in [1.29, 1.82) is 0 Å². The van der Waals surface area contributed by atoms with Crippen LogP contribution in [0, 0.1) is 6.92 Å². The molecule has 0 radical (unpaired) electrons. The van der Waals surface area contributed by atoms with Gasteiger partial charge in [-0.15, -0.1) is 5.10 Å². The van der Waals surface area contributed by atoms with Gasteiger partial charge in [-0.25, -0.2) is 9.67 Å². The largest absolute Gasteiger partial charge is 0.350 e. The van der Waals surface area contributed by atoms with Gasteiger partial charge in [0.1, 0.15) is 0 Å². The number of fused-ring (bicyclic) bond motifs is 1. The van der Waals surface area contributed by atoms with Crippen molar-refractivity contribution < 1.29 is 9.32 Å². The monoisotopic (exact) mass is 338 g/mol. The van der Waals surface area contributed by atoms with E-state index in [1.165, 1.54) is 0 Å². The van der Waals surface area contributed by atoms with Crippen LogP contribution < -0.4 is 5.32 Å². The summed E-state index contributed by atoms with van der Waals surface area (Å²) in [6.07, 6.45) is 3.29. The number of aryl methyl sites for hydroxylation is 1.